The van der Waals surface area contributed by atoms with Gasteiger partial charge < -0.3 is 0 Å². The van der Waals surface area contributed by atoms with E-state index in [1.807, 2.05) is 13.0 Å². The zero-order chi connectivity index (χ0) is 28.6. The molecule has 3 aromatic heterocycles. The zero-order valence-corrected chi connectivity index (χ0v) is 21.2. The van der Waals surface area contributed by atoms with Crippen LogP contribution in [0.4, 0.5) is 26.3 Å². The number of aryl methyl sites for hydroxylation is 1. The molecule has 0 saturated heterocycles. The van der Waals surface area contributed by atoms with Gasteiger partial charge in [0.25, 0.3) is 12.0 Å². The van der Waals surface area contributed by atoms with Crippen molar-refractivity contribution < 1.29 is 26.3 Å². The zero-order valence-electron chi connectivity index (χ0n) is 21.2. The maximum Gasteiger partial charge on any atom is 0.418 e. The number of benzene rings is 1. The van der Waals surface area contributed by atoms with Crippen LogP contribution in [0.25, 0.3) is 11.4 Å². The number of alkyl halides is 5. The SMILES string of the molecule is Cc1cccc(F)c1C1CCC(c2cc(-c3n[nH]nc3C(F)F)nn(Cc3ncccc3C(F)(F)F)c2=O)CC1. The van der Waals surface area contributed by atoms with Crippen molar-refractivity contribution in [2.45, 2.75) is 63.6 Å². The average molecular weight is 563 g/mol. The maximum atomic E-state index is 14.6. The van der Waals surface area contributed by atoms with Crippen LogP contribution < -0.4 is 5.56 Å². The van der Waals surface area contributed by atoms with Crippen molar-refractivity contribution in [3.8, 4) is 11.4 Å². The Bertz CT molecular complexity index is 1550. The topological polar surface area (TPSA) is 89.3 Å². The summed E-state index contributed by atoms with van der Waals surface area (Å²) in [5.41, 5.74) is -1.60. The van der Waals surface area contributed by atoms with Crippen LogP contribution in [0, 0.1) is 12.7 Å². The van der Waals surface area contributed by atoms with Gasteiger partial charge in [-0.05, 0) is 79.8 Å². The molecular weight excluding hydrogens is 538 g/mol. The lowest BCUT2D eigenvalue weighted by atomic mass is 9.75. The summed E-state index contributed by atoms with van der Waals surface area (Å²) in [6, 6.07) is 8.22. The van der Waals surface area contributed by atoms with Gasteiger partial charge >= 0.3 is 6.18 Å². The fraction of sp³-hybridized carbons (Fsp3) is 0.370. The van der Waals surface area contributed by atoms with E-state index in [4.69, 9.17) is 0 Å². The van der Waals surface area contributed by atoms with Crippen LogP contribution >= 0.6 is 0 Å². The van der Waals surface area contributed by atoms with Gasteiger partial charge in [0.05, 0.1) is 17.8 Å². The number of rotatable bonds is 6. The highest BCUT2D eigenvalue weighted by Crippen LogP contribution is 2.42. The summed E-state index contributed by atoms with van der Waals surface area (Å²) < 4.78 is 83.4. The van der Waals surface area contributed by atoms with Crippen LogP contribution in [0.5, 0.6) is 0 Å². The largest absolute Gasteiger partial charge is 0.418 e. The van der Waals surface area contributed by atoms with Crippen LogP contribution in [0.1, 0.15) is 77.6 Å². The summed E-state index contributed by atoms with van der Waals surface area (Å²) in [7, 11) is 0. The van der Waals surface area contributed by atoms with Gasteiger partial charge in [-0.15, -0.1) is 0 Å². The monoisotopic (exact) mass is 562 g/mol. The number of aromatic amines is 1. The molecule has 7 nitrogen and oxygen atoms in total. The molecule has 0 amide bonds. The molecule has 0 unspecified atom stereocenters. The molecule has 1 saturated carbocycles. The van der Waals surface area contributed by atoms with E-state index in [0.29, 0.717) is 31.2 Å². The Balaban J connectivity index is 1.54. The third kappa shape index (κ3) is 5.36. The van der Waals surface area contributed by atoms with E-state index in [-0.39, 0.29) is 34.6 Å². The van der Waals surface area contributed by atoms with Crippen molar-refractivity contribution >= 4 is 0 Å². The summed E-state index contributed by atoms with van der Waals surface area (Å²) in [5.74, 6) is -0.709. The van der Waals surface area contributed by atoms with Crippen molar-refractivity contribution in [3.63, 3.8) is 0 Å². The van der Waals surface area contributed by atoms with Gasteiger partial charge in [0, 0.05) is 11.8 Å². The van der Waals surface area contributed by atoms with Crippen LogP contribution in [0.2, 0.25) is 0 Å². The van der Waals surface area contributed by atoms with E-state index < -0.39 is 41.7 Å². The fourth-order valence-corrected chi connectivity index (χ4v) is 5.48. The summed E-state index contributed by atoms with van der Waals surface area (Å²) in [4.78, 5) is 17.4. The molecule has 1 N–H and O–H groups in total. The second-order valence-corrected chi connectivity index (χ2v) is 9.82. The van der Waals surface area contributed by atoms with Crippen molar-refractivity contribution in [1.29, 1.82) is 0 Å². The molecule has 0 radical (unpaired) electrons. The molecule has 4 aromatic rings. The van der Waals surface area contributed by atoms with E-state index in [9.17, 15) is 31.1 Å². The van der Waals surface area contributed by atoms with Crippen molar-refractivity contribution in [2.75, 3.05) is 0 Å². The molecule has 3 heterocycles. The van der Waals surface area contributed by atoms with Crippen LogP contribution in [0.3, 0.4) is 0 Å². The number of pyridine rings is 1. The summed E-state index contributed by atoms with van der Waals surface area (Å²) in [6.07, 6.45) is -4.48. The number of hydrogen-bond donors (Lipinski definition) is 1. The molecule has 40 heavy (non-hydrogen) atoms. The molecule has 210 valence electrons. The second kappa shape index (κ2) is 10.9. The van der Waals surface area contributed by atoms with Crippen LogP contribution in [0.15, 0.2) is 47.4 Å². The number of hydrogen-bond acceptors (Lipinski definition) is 5. The van der Waals surface area contributed by atoms with Gasteiger partial charge in [0.15, 0.2) is 5.69 Å². The highest BCUT2D eigenvalue weighted by molar-refractivity contribution is 5.57. The van der Waals surface area contributed by atoms with Crippen molar-refractivity contribution in [3.05, 3.63) is 92.4 Å². The lowest BCUT2D eigenvalue weighted by Gasteiger charge is -2.30. The number of nitrogens with one attached hydrogen (secondary N) is 1. The predicted octanol–water partition coefficient (Wildman–Crippen LogP) is 6.32. The molecule has 1 aliphatic rings. The highest BCUT2D eigenvalue weighted by atomic mass is 19.4. The number of aromatic nitrogens is 6. The van der Waals surface area contributed by atoms with Gasteiger partial charge in [0.2, 0.25) is 0 Å². The number of nitrogens with zero attached hydrogens (tertiary/aromatic N) is 5. The standard InChI is InChI=1S/C27H24F6N6O/c1-14-4-2-6-19(28)22(14)16-9-7-15(8-10-16)17-12-20(23-24(25(29)30)36-38-35-23)37-39(26(17)40)13-21-18(27(31,32)33)5-3-11-34-21/h2-6,11-12,15-16,25H,7-10,13H2,1H3,(H,35,36,38). The fourth-order valence-electron chi connectivity index (χ4n) is 5.48. The second-order valence-electron chi connectivity index (χ2n) is 9.82. The lowest BCUT2D eigenvalue weighted by molar-refractivity contribution is -0.138. The Kier molecular flexibility index (Phi) is 7.47. The molecular formula is C27H24F6N6O. The van der Waals surface area contributed by atoms with Crippen LogP contribution in [-0.4, -0.2) is 30.2 Å². The first-order chi connectivity index (χ1) is 19.0. The minimum absolute atomic E-state index is 0.0650. The van der Waals surface area contributed by atoms with Crippen molar-refractivity contribution in [1.82, 2.24) is 30.2 Å². The van der Waals surface area contributed by atoms with Gasteiger partial charge in [-0.3, -0.25) is 9.78 Å². The summed E-state index contributed by atoms with van der Waals surface area (Å²) >= 11 is 0. The lowest BCUT2D eigenvalue weighted by Crippen LogP contribution is -2.31. The number of halogens is 6. The minimum atomic E-state index is -4.73. The average Bonchev–Trinajstić information content (AvgIpc) is 3.41. The smallest absolute Gasteiger partial charge is 0.267 e. The first-order valence-electron chi connectivity index (χ1n) is 12.6. The Morgan fingerprint density at radius 2 is 1.77 bits per heavy atom. The molecule has 0 aliphatic heterocycles. The predicted molar refractivity (Wildman–Crippen MR) is 132 cm³/mol. The summed E-state index contributed by atoms with van der Waals surface area (Å²) in [6.45, 7) is 1.20. The normalized spacial score (nSPS) is 17.9. The van der Waals surface area contributed by atoms with Crippen molar-refractivity contribution in [2.24, 2.45) is 0 Å². The Morgan fingerprint density at radius 1 is 1.05 bits per heavy atom. The van der Waals surface area contributed by atoms with E-state index in [0.717, 1.165) is 22.4 Å². The maximum absolute atomic E-state index is 14.6. The van der Waals surface area contributed by atoms with Gasteiger partial charge in [-0.2, -0.15) is 33.7 Å². The molecule has 0 bridgehead atoms. The van der Waals surface area contributed by atoms with Crippen LogP contribution in [-0.2, 0) is 12.7 Å². The first kappa shape index (κ1) is 27.5. The summed E-state index contributed by atoms with van der Waals surface area (Å²) in [5, 5.41) is 13.5. The Labute approximate surface area is 224 Å². The van der Waals surface area contributed by atoms with E-state index >= 15 is 0 Å². The van der Waals surface area contributed by atoms with Gasteiger partial charge in [-0.25, -0.2) is 17.9 Å². The highest BCUT2D eigenvalue weighted by Gasteiger charge is 2.35. The van der Waals surface area contributed by atoms with E-state index in [1.165, 1.54) is 18.3 Å². The Hall–Kier alpha value is -4.03. The molecule has 1 aromatic carbocycles. The minimum Gasteiger partial charge on any atom is -0.267 e. The number of H-pyrrole nitrogens is 1. The molecule has 1 aliphatic carbocycles. The Morgan fingerprint density at radius 3 is 2.45 bits per heavy atom. The third-order valence-electron chi connectivity index (χ3n) is 7.37. The van der Waals surface area contributed by atoms with Gasteiger partial charge in [-0.1, -0.05) is 12.1 Å². The van der Waals surface area contributed by atoms with E-state index in [2.05, 4.69) is 25.5 Å². The molecule has 0 atom stereocenters. The quantitative estimate of drug-likeness (QED) is 0.278. The molecule has 13 heteroatoms. The molecule has 1 fully saturated rings. The van der Waals surface area contributed by atoms with Gasteiger partial charge in [0.1, 0.15) is 17.2 Å². The third-order valence-corrected chi connectivity index (χ3v) is 7.37. The van der Waals surface area contributed by atoms with E-state index in [1.54, 1.807) is 6.07 Å². The molecule has 5 rings (SSSR count). The first-order valence-corrected chi connectivity index (χ1v) is 12.6. The molecule has 0 spiro atoms.